The van der Waals surface area contributed by atoms with Gasteiger partial charge in [0.1, 0.15) is 0 Å². The quantitative estimate of drug-likeness (QED) is 0.786. The van der Waals surface area contributed by atoms with Crippen molar-refractivity contribution in [1.82, 2.24) is 0 Å². The Morgan fingerprint density at radius 2 is 2.11 bits per heavy atom. The van der Waals surface area contributed by atoms with Gasteiger partial charge < -0.3 is 14.4 Å². The van der Waals surface area contributed by atoms with Gasteiger partial charge in [-0.25, -0.2) is 0 Å². The summed E-state index contributed by atoms with van der Waals surface area (Å²) >= 11 is 5.73. The number of anilines is 1. The first-order valence-electron chi connectivity index (χ1n) is 5.75. The van der Waals surface area contributed by atoms with Crippen LogP contribution in [0.4, 0.5) is 14.5 Å². The summed E-state index contributed by atoms with van der Waals surface area (Å²) < 4.78 is 34.5. The number of fused-ring (bicyclic) bond motifs is 1. The Labute approximate surface area is 112 Å². The predicted molar refractivity (Wildman–Crippen MR) is 63.8 cm³/mol. The summed E-state index contributed by atoms with van der Waals surface area (Å²) in [4.78, 5) is 13.3. The Morgan fingerprint density at radius 1 is 1.37 bits per heavy atom. The summed E-state index contributed by atoms with van der Waals surface area (Å²) in [7, 11) is 0. The van der Waals surface area contributed by atoms with Crippen LogP contribution in [-0.2, 0) is 4.79 Å². The monoisotopic (exact) mass is 289 g/mol. The number of halogens is 3. The SMILES string of the molecule is O=C1CC(CCl)CN1c1ccc2c(c1)OC(F)(F)O2. The zero-order chi connectivity index (χ0) is 13.6. The average molecular weight is 290 g/mol. The van der Waals surface area contributed by atoms with Crippen LogP contribution in [0.1, 0.15) is 6.42 Å². The van der Waals surface area contributed by atoms with Crippen molar-refractivity contribution < 1.29 is 23.0 Å². The zero-order valence-corrected chi connectivity index (χ0v) is 10.5. The molecule has 0 saturated carbocycles. The molecular weight excluding hydrogens is 280 g/mol. The highest BCUT2D eigenvalue weighted by molar-refractivity contribution is 6.18. The van der Waals surface area contributed by atoms with Crippen LogP contribution in [-0.4, -0.2) is 24.6 Å². The largest absolute Gasteiger partial charge is 0.586 e. The maximum atomic E-state index is 12.9. The molecule has 0 spiro atoms. The molecule has 0 aliphatic carbocycles. The van der Waals surface area contributed by atoms with Crippen molar-refractivity contribution >= 4 is 23.2 Å². The first-order chi connectivity index (χ1) is 8.98. The van der Waals surface area contributed by atoms with Crippen molar-refractivity contribution in [2.45, 2.75) is 12.7 Å². The van der Waals surface area contributed by atoms with Crippen molar-refractivity contribution in [3.05, 3.63) is 18.2 Å². The standard InChI is InChI=1S/C12H10ClF2NO3/c13-5-7-3-11(17)16(6-7)8-1-2-9-10(4-8)19-12(14,15)18-9/h1-2,4,7H,3,5-6H2. The second kappa shape index (κ2) is 4.23. The third-order valence-corrected chi connectivity index (χ3v) is 3.56. The number of ether oxygens (including phenoxy) is 2. The molecule has 0 aromatic heterocycles. The maximum absolute atomic E-state index is 12.9. The van der Waals surface area contributed by atoms with Crippen LogP contribution < -0.4 is 14.4 Å². The molecular formula is C12H10ClF2NO3. The minimum atomic E-state index is -3.64. The Balaban J connectivity index is 1.86. The van der Waals surface area contributed by atoms with Crippen LogP contribution in [0.25, 0.3) is 0 Å². The zero-order valence-electron chi connectivity index (χ0n) is 9.74. The van der Waals surface area contributed by atoms with Crippen LogP contribution in [0.15, 0.2) is 18.2 Å². The second-order valence-corrected chi connectivity index (χ2v) is 4.84. The van der Waals surface area contributed by atoms with E-state index in [-0.39, 0.29) is 23.3 Å². The molecule has 1 amide bonds. The smallest absolute Gasteiger partial charge is 0.395 e. The molecule has 4 nitrogen and oxygen atoms in total. The molecule has 7 heteroatoms. The van der Waals surface area contributed by atoms with Gasteiger partial charge in [0.25, 0.3) is 0 Å². The number of rotatable bonds is 2. The maximum Gasteiger partial charge on any atom is 0.586 e. The third-order valence-electron chi connectivity index (χ3n) is 3.12. The van der Waals surface area contributed by atoms with Crippen molar-refractivity contribution in [2.75, 3.05) is 17.3 Å². The van der Waals surface area contributed by atoms with E-state index in [1.54, 1.807) is 6.07 Å². The fraction of sp³-hybridized carbons (Fsp3) is 0.417. The van der Waals surface area contributed by atoms with Crippen LogP contribution in [0.3, 0.4) is 0 Å². The highest BCUT2D eigenvalue weighted by Crippen LogP contribution is 2.43. The Morgan fingerprint density at radius 3 is 2.79 bits per heavy atom. The van der Waals surface area contributed by atoms with Gasteiger partial charge in [-0.3, -0.25) is 4.79 Å². The summed E-state index contributed by atoms with van der Waals surface area (Å²) in [5.41, 5.74) is 0.512. The molecule has 3 rings (SSSR count). The van der Waals surface area contributed by atoms with Crippen LogP contribution in [0.2, 0.25) is 0 Å². The highest BCUT2D eigenvalue weighted by Gasteiger charge is 2.44. The van der Waals surface area contributed by atoms with Crippen molar-refractivity contribution in [3.8, 4) is 11.5 Å². The number of carbonyl (C=O) groups excluding carboxylic acids is 1. The van der Waals surface area contributed by atoms with Crippen molar-refractivity contribution in [2.24, 2.45) is 5.92 Å². The summed E-state index contributed by atoms with van der Waals surface area (Å²) in [5.74, 6) is 0.307. The fourth-order valence-corrected chi connectivity index (χ4v) is 2.45. The fourth-order valence-electron chi connectivity index (χ4n) is 2.24. The van der Waals surface area contributed by atoms with E-state index in [1.165, 1.54) is 17.0 Å². The number of nitrogens with zero attached hydrogens (tertiary/aromatic N) is 1. The van der Waals surface area contributed by atoms with E-state index in [2.05, 4.69) is 9.47 Å². The van der Waals surface area contributed by atoms with E-state index in [0.717, 1.165) is 0 Å². The van der Waals surface area contributed by atoms with Gasteiger partial charge in [0, 0.05) is 30.6 Å². The van der Waals surface area contributed by atoms with Crippen LogP contribution in [0.5, 0.6) is 11.5 Å². The number of carbonyl (C=O) groups is 1. The first kappa shape index (κ1) is 12.5. The lowest BCUT2D eigenvalue weighted by Crippen LogP contribution is -2.26. The Kier molecular flexibility index (Phi) is 2.78. The second-order valence-electron chi connectivity index (χ2n) is 4.53. The predicted octanol–water partition coefficient (Wildman–Crippen LogP) is 2.60. The Hall–Kier alpha value is -1.56. The number of benzene rings is 1. The summed E-state index contributed by atoms with van der Waals surface area (Å²) in [6.45, 7) is 0.484. The van der Waals surface area contributed by atoms with Gasteiger partial charge in [-0.05, 0) is 18.1 Å². The first-order valence-corrected chi connectivity index (χ1v) is 6.28. The third kappa shape index (κ3) is 2.20. The number of hydrogen-bond acceptors (Lipinski definition) is 3. The summed E-state index contributed by atoms with van der Waals surface area (Å²) in [6.07, 6.45) is -3.28. The Bertz CT molecular complexity index is 538. The van der Waals surface area contributed by atoms with Gasteiger partial charge in [-0.2, -0.15) is 0 Å². The molecule has 1 aromatic carbocycles. The molecule has 1 aromatic rings. The molecule has 0 bridgehead atoms. The molecule has 2 aliphatic heterocycles. The molecule has 2 aliphatic rings. The van der Waals surface area contributed by atoms with Crippen molar-refractivity contribution in [3.63, 3.8) is 0 Å². The van der Waals surface area contributed by atoms with Gasteiger partial charge in [-0.1, -0.05) is 0 Å². The summed E-state index contributed by atoms with van der Waals surface area (Å²) in [6, 6.07) is 4.30. The van der Waals surface area contributed by atoms with Gasteiger partial charge >= 0.3 is 6.29 Å². The summed E-state index contributed by atoms with van der Waals surface area (Å²) in [5, 5.41) is 0. The molecule has 2 heterocycles. The van der Waals surface area contributed by atoms with Gasteiger partial charge in [0.05, 0.1) is 0 Å². The van der Waals surface area contributed by atoms with Gasteiger partial charge in [-0.15, -0.1) is 20.4 Å². The molecule has 0 radical (unpaired) electrons. The molecule has 1 atom stereocenters. The lowest BCUT2D eigenvalue weighted by atomic mass is 10.1. The lowest BCUT2D eigenvalue weighted by Gasteiger charge is -2.16. The number of amides is 1. The van der Waals surface area contributed by atoms with Gasteiger partial charge in [0.2, 0.25) is 5.91 Å². The average Bonchev–Trinajstić information content (AvgIpc) is 2.86. The lowest BCUT2D eigenvalue weighted by molar-refractivity contribution is -0.286. The van der Waals surface area contributed by atoms with E-state index in [1.807, 2.05) is 0 Å². The molecule has 0 N–H and O–H groups in total. The van der Waals surface area contributed by atoms with E-state index in [9.17, 15) is 13.6 Å². The molecule has 1 saturated heterocycles. The van der Waals surface area contributed by atoms with E-state index in [4.69, 9.17) is 11.6 Å². The molecule has 1 unspecified atom stereocenters. The highest BCUT2D eigenvalue weighted by atomic mass is 35.5. The normalized spacial score (nSPS) is 24.1. The van der Waals surface area contributed by atoms with Gasteiger partial charge in [0.15, 0.2) is 11.5 Å². The molecule has 19 heavy (non-hydrogen) atoms. The number of hydrogen-bond donors (Lipinski definition) is 0. The minimum Gasteiger partial charge on any atom is -0.395 e. The molecule has 1 fully saturated rings. The van der Waals surface area contributed by atoms with Crippen LogP contribution in [0, 0.1) is 5.92 Å². The van der Waals surface area contributed by atoms with Crippen molar-refractivity contribution in [1.29, 1.82) is 0 Å². The topological polar surface area (TPSA) is 38.8 Å². The number of alkyl halides is 3. The minimum absolute atomic E-state index is 0.0331. The van der Waals surface area contributed by atoms with Crippen LogP contribution >= 0.6 is 11.6 Å². The van der Waals surface area contributed by atoms with E-state index < -0.39 is 6.29 Å². The molecule has 102 valence electrons. The van der Waals surface area contributed by atoms with E-state index >= 15 is 0 Å². The van der Waals surface area contributed by atoms with E-state index in [0.29, 0.717) is 24.5 Å².